The second-order valence-electron chi connectivity index (χ2n) is 3.53. The number of unbranched alkanes of at least 4 members (excludes halogenated alkanes) is 1. The number of sulfone groups is 1. The number of rotatable bonds is 4. The topological polar surface area (TPSA) is 34.1 Å². The second-order valence-corrected chi connectivity index (χ2v) is 5.55. The van der Waals surface area contributed by atoms with Gasteiger partial charge in [-0.2, -0.15) is 0 Å². The molecule has 0 radical (unpaired) electrons. The third-order valence-corrected chi connectivity index (χ3v) is 3.20. The standard InChI is InChI=1S/C12H16O2S/c1-3-4-5-6-11-7-9-12(10-8-11)15(2,13)14/h5-10H,3-4H2,1-2H3/b6-5+. The summed E-state index contributed by atoms with van der Waals surface area (Å²) < 4.78 is 22.4. The average molecular weight is 224 g/mol. The molecule has 0 aliphatic carbocycles. The van der Waals surface area contributed by atoms with Gasteiger partial charge >= 0.3 is 0 Å². The van der Waals surface area contributed by atoms with Crippen LogP contribution in [0.2, 0.25) is 0 Å². The molecule has 0 saturated carbocycles. The van der Waals surface area contributed by atoms with Crippen LogP contribution < -0.4 is 0 Å². The molecule has 0 aromatic heterocycles. The predicted molar refractivity (Wildman–Crippen MR) is 63.5 cm³/mol. The summed E-state index contributed by atoms with van der Waals surface area (Å²) in [4.78, 5) is 0.371. The zero-order chi connectivity index (χ0) is 11.3. The first-order chi connectivity index (χ1) is 7.04. The number of hydrogen-bond donors (Lipinski definition) is 0. The van der Waals surface area contributed by atoms with Crippen LogP contribution in [0.1, 0.15) is 25.3 Å². The molecule has 0 fully saturated rings. The Morgan fingerprint density at radius 3 is 2.27 bits per heavy atom. The van der Waals surface area contributed by atoms with Gasteiger partial charge in [0.2, 0.25) is 0 Å². The van der Waals surface area contributed by atoms with E-state index in [9.17, 15) is 8.42 Å². The van der Waals surface area contributed by atoms with Gasteiger partial charge in [-0.25, -0.2) is 8.42 Å². The van der Waals surface area contributed by atoms with Crippen molar-refractivity contribution >= 4 is 15.9 Å². The van der Waals surface area contributed by atoms with E-state index >= 15 is 0 Å². The first-order valence-corrected chi connectivity index (χ1v) is 6.90. The Balaban J connectivity index is 2.82. The molecule has 15 heavy (non-hydrogen) atoms. The van der Waals surface area contributed by atoms with Crippen molar-refractivity contribution in [3.05, 3.63) is 35.9 Å². The zero-order valence-electron chi connectivity index (χ0n) is 9.10. The van der Waals surface area contributed by atoms with Gasteiger partial charge in [0.25, 0.3) is 0 Å². The lowest BCUT2D eigenvalue weighted by Gasteiger charge is -1.98. The summed E-state index contributed by atoms with van der Waals surface area (Å²) in [6.45, 7) is 2.12. The largest absolute Gasteiger partial charge is 0.224 e. The van der Waals surface area contributed by atoms with Crippen LogP contribution in [0.5, 0.6) is 0 Å². The molecule has 0 saturated heterocycles. The van der Waals surface area contributed by atoms with Gasteiger partial charge in [-0.05, 0) is 24.1 Å². The maximum Gasteiger partial charge on any atom is 0.175 e. The third-order valence-electron chi connectivity index (χ3n) is 2.07. The molecule has 1 aromatic rings. The smallest absolute Gasteiger partial charge is 0.175 e. The number of allylic oxidation sites excluding steroid dienone is 1. The molecule has 2 nitrogen and oxygen atoms in total. The van der Waals surface area contributed by atoms with Crippen molar-refractivity contribution in [3.63, 3.8) is 0 Å². The van der Waals surface area contributed by atoms with E-state index in [0.717, 1.165) is 18.4 Å². The van der Waals surface area contributed by atoms with Crippen LogP contribution in [0.25, 0.3) is 6.08 Å². The molecule has 0 spiro atoms. The van der Waals surface area contributed by atoms with Crippen molar-refractivity contribution < 1.29 is 8.42 Å². The van der Waals surface area contributed by atoms with Crippen molar-refractivity contribution in [1.29, 1.82) is 0 Å². The van der Waals surface area contributed by atoms with Gasteiger partial charge < -0.3 is 0 Å². The van der Waals surface area contributed by atoms with Gasteiger partial charge in [0.1, 0.15) is 0 Å². The Labute approximate surface area is 91.6 Å². The van der Waals surface area contributed by atoms with E-state index in [1.807, 2.05) is 18.2 Å². The fourth-order valence-electron chi connectivity index (χ4n) is 1.21. The van der Waals surface area contributed by atoms with Gasteiger partial charge in [0, 0.05) is 6.26 Å². The van der Waals surface area contributed by atoms with Crippen molar-refractivity contribution in [2.45, 2.75) is 24.7 Å². The summed E-state index contributed by atoms with van der Waals surface area (Å²) in [5, 5.41) is 0. The summed E-state index contributed by atoms with van der Waals surface area (Å²) in [6.07, 6.45) is 7.49. The second kappa shape index (κ2) is 5.12. The quantitative estimate of drug-likeness (QED) is 0.788. The van der Waals surface area contributed by atoms with E-state index < -0.39 is 9.84 Å². The summed E-state index contributed by atoms with van der Waals surface area (Å²) in [6, 6.07) is 6.92. The van der Waals surface area contributed by atoms with Gasteiger partial charge in [-0.15, -0.1) is 0 Å². The van der Waals surface area contributed by atoms with E-state index in [4.69, 9.17) is 0 Å². The fraction of sp³-hybridized carbons (Fsp3) is 0.333. The molecule has 1 rings (SSSR count). The summed E-state index contributed by atoms with van der Waals surface area (Å²) in [5.74, 6) is 0. The maximum atomic E-state index is 11.2. The van der Waals surface area contributed by atoms with Crippen molar-refractivity contribution in [2.75, 3.05) is 6.26 Å². The zero-order valence-corrected chi connectivity index (χ0v) is 9.92. The third kappa shape index (κ3) is 3.88. The van der Waals surface area contributed by atoms with E-state index in [0.29, 0.717) is 4.90 Å². The Kier molecular flexibility index (Phi) is 4.09. The van der Waals surface area contributed by atoms with Crippen LogP contribution in [-0.2, 0) is 9.84 Å². The van der Waals surface area contributed by atoms with Crippen LogP contribution in [0.15, 0.2) is 35.2 Å². The normalized spacial score (nSPS) is 12.1. The minimum absolute atomic E-state index is 0.371. The molecule has 3 heteroatoms. The Morgan fingerprint density at radius 2 is 1.80 bits per heavy atom. The molecule has 0 N–H and O–H groups in total. The molecule has 0 heterocycles. The van der Waals surface area contributed by atoms with Crippen LogP contribution in [0.3, 0.4) is 0 Å². The summed E-state index contributed by atoms with van der Waals surface area (Å²) in [5.41, 5.74) is 1.04. The van der Waals surface area contributed by atoms with Gasteiger partial charge in [0.05, 0.1) is 4.90 Å². The lowest BCUT2D eigenvalue weighted by molar-refractivity contribution is 0.602. The molecule has 82 valence electrons. The molecular formula is C12H16O2S. The van der Waals surface area contributed by atoms with Crippen molar-refractivity contribution in [3.8, 4) is 0 Å². The lowest BCUT2D eigenvalue weighted by atomic mass is 10.2. The van der Waals surface area contributed by atoms with Crippen LogP contribution in [-0.4, -0.2) is 14.7 Å². The average Bonchev–Trinajstić information content (AvgIpc) is 2.18. The van der Waals surface area contributed by atoms with Gasteiger partial charge in [0.15, 0.2) is 9.84 Å². The van der Waals surface area contributed by atoms with E-state index in [-0.39, 0.29) is 0 Å². The summed E-state index contributed by atoms with van der Waals surface area (Å²) in [7, 11) is -3.07. The highest BCUT2D eigenvalue weighted by molar-refractivity contribution is 7.90. The Morgan fingerprint density at radius 1 is 1.20 bits per heavy atom. The minimum atomic E-state index is -3.07. The predicted octanol–water partition coefficient (Wildman–Crippen LogP) is 2.90. The first-order valence-electron chi connectivity index (χ1n) is 5.00. The first kappa shape index (κ1) is 12.0. The van der Waals surface area contributed by atoms with Crippen molar-refractivity contribution in [2.24, 2.45) is 0 Å². The van der Waals surface area contributed by atoms with Gasteiger partial charge in [-0.3, -0.25) is 0 Å². The van der Waals surface area contributed by atoms with E-state index in [1.165, 1.54) is 6.26 Å². The maximum absolute atomic E-state index is 11.2. The number of hydrogen-bond acceptors (Lipinski definition) is 2. The van der Waals surface area contributed by atoms with Crippen LogP contribution >= 0.6 is 0 Å². The summed E-state index contributed by atoms with van der Waals surface area (Å²) >= 11 is 0. The molecule has 0 amide bonds. The van der Waals surface area contributed by atoms with Crippen molar-refractivity contribution in [1.82, 2.24) is 0 Å². The molecule has 0 aliphatic heterocycles. The van der Waals surface area contributed by atoms with E-state index in [2.05, 4.69) is 13.0 Å². The van der Waals surface area contributed by atoms with Crippen LogP contribution in [0.4, 0.5) is 0 Å². The Hall–Kier alpha value is -1.09. The minimum Gasteiger partial charge on any atom is -0.224 e. The molecular weight excluding hydrogens is 208 g/mol. The lowest BCUT2D eigenvalue weighted by Crippen LogP contribution is -1.95. The number of benzene rings is 1. The molecule has 0 unspecified atom stereocenters. The molecule has 0 bridgehead atoms. The highest BCUT2D eigenvalue weighted by atomic mass is 32.2. The molecule has 0 aliphatic rings. The van der Waals surface area contributed by atoms with Crippen LogP contribution in [0, 0.1) is 0 Å². The fourth-order valence-corrected chi connectivity index (χ4v) is 1.84. The molecule has 0 atom stereocenters. The monoisotopic (exact) mass is 224 g/mol. The SMILES string of the molecule is CCC/C=C/c1ccc(S(C)(=O)=O)cc1. The highest BCUT2D eigenvalue weighted by Crippen LogP contribution is 2.11. The Bertz CT molecular complexity index is 427. The van der Waals surface area contributed by atoms with Gasteiger partial charge in [-0.1, -0.05) is 37.6 Å². The molecule has 1 aromatic carbocycles. The highest BCUT2D eigenvalue weighted by Gasteiger charge is 2.04. The van der Waals surface area contributed by atoms with E-state index in [1.54, 1.807) is 12.1 Å².